The van der Waals surface area contributed by atoms with E-state index in [1.54, 1.807) is 0 Å². The molecule has 1 saturated heterocycles. The number of carboxylic acid groups (broad SMARTS) is 2. The average Bonchev–Trinajstić information content (AvgIpc) is 2.81. The van der Waals surface area contributed by atoms with Gasteiger partial charge >= 0.3 is 11.9 Å². The number of aliphatic carboxylic acids is 2. The standard InChI is InChI=1S/C8H10O5/c1-4(7(9)10)6(8(11)12)2-5-3-13-5/h5H,2-3H2,1H3,(H,9,10)(H,11,12)/b6-4+. The highest BCUT2D eigenvalue weighted by Crippen LogP contribution is 2.21. The van der Waals surface area contributed by atoms with Crippen LogP contribution in [0.1, 0.15) is 13.3 Å². The topological polar surface area (TPSA) is 87.1 Å². The molecule has 1 fully saturated rings. The first-order chi connectivity index (χ1) is 6.02. The zero-order chi connectivity index (χ0) is 10.0. The summed E-state index contributed by atoms with van der Waals surface area (Å²) in [5.41, 5.74) is -0.196. The zero-order valence-corrected chi connectivity index (χ0v) is 7.11. The quantitative estimate of drug-likeness (QED) is 0.485. The molecule has 0 aliphatic carbocycles. The lowest BCUT2D eigenvalue weighted by molar-refractivity contribution is -0.136. The number of carboxylic acids is 2. The summed E-state index contributed by atoms with van der Waals surface area (Å²) >= 11 is 0. The first-order valence-corrected chi connectivity index (χ1v) is 3.80. The summed E-state index contributed by atoms with van der Waals surface area (Å²) in [5, 5.41) is 17.3. The largest absolute Gasteiger partial charge is 0.478 e. The summed E-state index contributed by atoms with van der Waals surface area (Å²) in [7, 11) is 0. The van der Waals surface area contributed by atoms with Crippen molar-refractivity contribution >= 4 is 11.9 Å². The number of hydrogen-bond acceptors (Lipinski definition) is 3. The van der Waals surface area contributed by atoms with Crippen molar-refractivity contribution in [2.45, 2.75) is 19.4 Å². The Balaban J connectivity index is 2.80. The third kappa shape index (κ3) is 2.55. The van der Waals surface area contributed by atoms with E-state index in [1.807, 2.05) is 0 Å². The van der Waals surface area contributed by atoms with Gasteiger partial charge in [0.2, 0.25) is 0 Å². The van der Waals surface area contributed by atoms with Crippen LogP contribution < -0.4 is 0 Å². The predicted octanol–water partition coefficient (Wildman–Crippen LogP) is 0.261. The molecule has 1 atom stereocenters. The number of rotatable bonds is 4. The van der Waals surface area contributed by atoms with Crippen molar-refractivity contribution in [1.82, 2.24) is 0 Å². The summed E-state index contributed by atoms with van der Waals surface area (Å²) in [4.78, 5) is 21.1. The van der Waals surface area contributed by atoms with E-state index in [4.69, 9.17) is 14.9 Å². The fraction of sp³-hybridized carbons (Fsp3) is 0.500. The second-order valence-corrected chi connectivity index (χ2v) is 2.87. The van der Waals surface area contributed by atoms with Gasteiger partial charge in [-0.1, -0.05) is 0 Å². The van der Waals surface area contributed by atoms with Gasteiger partial charge in [0.1, 0.15) is 0 Å². The van der Waals surface area contributed by atoms with Crippen molar-refractivity contribution in [3.05, 3.63) is 11.1 Å². The molecule has 0 radical (unpaired) electrons. The zero-order valence-electron chi connectivity index (χ0n) is 7.11. The van der Waals surface area contributed by atoms with Crippen molar-refractivity contribution in [3.63, 3.8) is 0 Å². The molecular weight excluding hydrogens is 176 g/mol. The Labute approximate surface area is 74.6 Å². The summed E-state index contributed by atoms with van der Waals surface area (Å²) in [5.74, 6) is -2.38. The molecule has 2 N–H and O–H groups in total. The van der Waals surface area contributed by atoms with Gasteiger partial charge < -0.3 is 14.9 Å². The molecule has 1 heterocycles. The average molecular weight is 186 g/mol. The van der Waals surface area contributed by atoms with Crippen LogP contribution in [-0.4, -0.2) is 34.9 Å². The van der Waals surface area contributed by atoms with Gasteiger partial charge in [-0.05, 0) is 6.92 Å². The second-order valence-electron chi connectivity index (χ2n) is 2.87. The van der Waals surface area contributed by atoms with Crippen LogP contribution in [0.25, 0.3) is 0 Å². The maximum Gasteiger partial charge on any atom is 0.332 e. The van der Waals surface area contributed by atoms with Crippen molar-refractivity contribution in [2.75, 3.05) is 6.61 Å². The minimum Gasteiger partial charge on any atom is -0.478 e. The van der Waals surface area contributed by atoms with Crippen molar-refractivity contribution < 1.29 is 24.5 Å². The monoisotopic (exact) mass is 186 g/mol. The third-order valence-corrected chi connectivity index (χ3v) is 1.87. The van der Waals surface area contributed by atoms with Crippen LogP contribution in [0.15, 0.2) is 11.1 Å². The Kier molecular flexibility index (Phi) is 2.67. The van der Waals surface area contributed by atoms with E-state index in [9.17, 15) is 9.59 Å². The molecule has 1 rings (SSSR count). The SMILES string of the molecule is C/C(C(=O)O)=C(/CC1CO1)C(=O)O. The van der Waals surface area contributed by atoms with Gasteiger partial charge in [0, 0.05) is 17.6 Å². The Hall–Kier alpha value is -1.36. The van der Waals surface area contributed by atoms with E-state index < -0.39 is 11.9 Å². The van der Waals surface area contributed by atoms with E-state index in [0.29, 0.717) is 6.61 Å². The number of hydrogen-bond donors (Lipinski definition) is 2. The minimum atomic E-state index is -1.20. The Bertz CT molecular complexity index is 274. The van der Waals surface area contributed by atoms with Crippen LogP contribution in [0.3, 0.4) is 0 Å². The van der Waals surface area contributed by atoms with Gasteiger partial charge in [0.15, 0.2) is 0 Å². The Morgan fingerprint density at radius 2 is 1.92 bits per heavy atom. The highest BCUT2D eigenvalue weighted by atomic mass is 16.6. The molecule has 1 unspecified atom stereocenters. The van der Waals surface area contributed by atoms with Gasteiger partial charge in [0.05, 0.1) is 12.7 Å². The second kappa shape index (κ2) is 3.57. The van der Waals surface area contributed by atoms with E-state index in [1.165, 1.54) is 6.92 Å². The molecule has 0 aromatic heterocycles. The molecule has 5 nitrogen and oxygen atoms in total. The molecule has 0 amide bonds. The van der Waals surface area contributed by atoms with Crippen LogP contribution in [-0.2, 0) is 14.3 Å². The van der Waals surface area contributed by atoms with Crippen LogP contribution in [0.4, 0.5) is 0 Å². The van der Waals surface area contributed by atoms with Crippen LogP contribution >= 0.6 is 0 Å². The van der Waals surface area contributed by atoms with Crippen LogP contribution in [0.2, 0.25) is 0 Å². The number of epoxide rings is 1. The highest BCUT2D eigenvalue weighted by Gasteiger charge is 2.28. The van der Waals surface area contributed by atoms with Gasteiger partial charge in [0.25, 0.3) is 0 Å². The molecular formula is C8H10O5. The smallest absolute Gasteiger partial charge is 0.332 e. The first-order valence-electron chi connectivity index (χ1n) is 3.80. The van der Waals surface area contributed by atoms with Crippen LogP contribution in [0, 0.1) is 0 Å². The fourth-order valence-corrected chi connectivity index (χ4v) is 0.943. The lowest BCUT2D eigenvalue weighted by atomic mass is 10.1. The molecule has 1 aliphatic rings. The molecule has 0 aromatic carbocycles. The molecule has 0 aromatic rings. The molecule has 0 spiro atoms. The van der Waals surface area contributed by atoms with Crippen molar-refractivity contribution in [1.29, 1.82) is 0 Å². The maximum atomic E-state index is 10.6. The summed E-state index contributed by atoms with van der Waals surface area (Å²) in [6.45, 7) is 1.80. The van der Waals surface area contributed by atoms with Crippen molar-refractivity contribution in [2.24, 2.45) is 0 Å². The van der Waals surface area contributed by atoms with Gasteiger partial charge in [-0.15, -0.1) is 0 Å². The fourth-order valence-electron chi connectivity index (χ4n) is 0.943. The van der Waals surface area contributed by atoms with Gasteiger partial charge in [-0.3, -0.25) is 0 Å². The Morgan fingerprint density at radius 1 is 1.38 bits per heavy atom. The number of carbonyl (C=O) groups is 2. The molecule has 13 heavy (non-hydrogen) atoms. The van der Waals surface area contributed by atoms with Gasteiger partial charge in [-0.2, -0.15) is 0 Å². The predicted molar refractivity (Wildman–Crippen MR) is 42.3 cm³/mol. The van der Waals surface area contributed by atoms with E-state index >= 15 is 0 Å². The lowest BCUT2D eigenvalue weighted by Gasteiger charge is -2.01. The Morgan fingerprint density at radius 3 is 2.23 bits per heavy atom. The molecule has 5 heteroatoms. The van der Waals surface area contributed by atoms with Crippen LogP contribution in [0.5, 0.6) is 0 Å². The first kappa shape index (κ1) is 9.73. The van der Waals surface area contributed by atoms with Gasteiger partial charge in [-0.25, -0.2) is 9.59 Å². The normalized spacial score (nSPS) is 22.1. The van der Waals surface area contributed by atoms with Crippen molar-refractivity contribution in [3.8, 4) is 0 Å². The molecule has 0 saturated carbocycles. The minimum absolute atomic E-state index is 0.0741. The van der Waals surface area contributed by atoms with E-state index in [2.05, 4.69) is 0 Å². The number of ether oxygens (including phenoxy) is 1. The highest BCUT2D eigenvalue weighted by molar-refractivity contribution is 5.98. The summed E-state index contributed by atoms with van der Waals surface area (Å²) < 4.78 is 4.83. The van der Waals surface area contributed by atoms with E-state index in [0.717, 1.165) is 0 Å². The van der Waals surface area contributed by atoms with E-state index in [-0.39, 0.29) is 23.7 Å². The summed E-state index contributed by atoms with van der Waals surface area (Å²) in [6.07, 6.45) is 0.0633. The lowest BCUT2D eigenvalue weighted by Crippen LogP contribution is -2.11. The molecule has 1 aliphatic heterocycles. The maximum absolute atomic E-state index is 10.6. The molecule has 0 bridgehead atoms. The summed E-state index contributed by atoms with van der Waals surface area (Å²) in [6, 6.07) is 0. The third-order valence-electron chi connectivity index (χ3n) is 1.87. The molecule has 72 valence electrons.